The van der Waals surface area contributed by atoms with Crippen LogP contribution >= 0.6 is 0 Å². The second-order valence-corrected chi connectivity index (χ2v) is 5.40. The van der Waals surface area contributed by atoms with Gasteiger partial charge in [-0.15, -0.1) is 0 Å². The van der Waals surface area contributed by atoms with E-state index in [1.54, 1.807) is 0 Å². The van der Waals surface area contributed by atoms with Crippen LogP contribution in [0.25, 0.3) is 0 Å². The first-order valence-corrected chi connectivity index (χ1v) is 7.09. The van der Waals surface area contributed by atoms with Gasteiger partial charge in [0, 0.05) is 44.1 Å². The molecule has 0 aliphatic carbocycles. The molecule has 3 unspecified atom stereocenters. The molecule has 0 bridgehead atoms. The van der Waals surface area contributed by atoms with Crippen LogP contribution in [0.4, 0.5) is 0 Å². The fraction of sp³-hybridized carbons (Fsp3) is 0.667. The highest BCUT2D eigenvalue weighted by Crippen LogP contribution is 2.22. The van der Waals surface area contributed by atoms with E-state index in [1.807, 2.05) is 12.4 Å². The quantitative estimate of drug-likeness (QED) is 0.886. The van der Waals surface area contributed by atoms with Crippen molar-refractivity contribution in [3.63, 3.8) is 0 Å². The Morgan fingerprint density at radius 1 is 1.39 bits per heavy atom. The van der Waals surface area contributed by atoms with E-state index in [1.165, 1.54) is 12.0 Å². The third-order valence-electron chi connectivity index (χ3n) is 4.30. The average Bonchev–Trinajstić information content (AvgIpc) is 2.46. The highest BCUT2D eigenvalue weighted by Gasteiger charge is 2.26. The zero-order valence-corrected chi connectivity index (χ0v) is 11.8. The van der Waals surface area contributed by atoms with E-state index in [0.29, 0.717) is 12.1 Å². The number of hydrogen-bond acceptors (Lipinski definition) is 3. The molecule has 1 aliphatic rings. The molecule has 1 aromatic rings. The van der Waals surface area contributed by atoms with Crippen molar-refractivity contribution < 1.29 is 0 Å². The predicted molar refractivity (Wildman–Crippen MR) is 75.5 cm³/mol. The van der Waals surface area contributed by atoms with Crippen LogP contribution < -0.4 is 5.32 Å². The van der Waals surface area contributed by atoms with Crippen molar-refractivity contribution in [1.82, 2.24) is 15.2 Å². The molecule has 0 radical (unpaired) electrons. The second kappa shape index (κ2) is 6.30. The van der Waals surface area contributed by atoms with Gasteiger partial charge in [0.1, 0.15) is 0 Å². The van der Waals surface area contributed by atoms with E-state index >= 15 is 0 Å². The zero-order valence-electron chi connectivity index (χ0n) is 11.8. The molecular weight excluding hydrogens is 222 g/mol. The molecule has 3 atom stereocenters. The Bertz CT molecular complexity index is 352. The number of pyridine rings is 1. The molecule has 1 aromatic heterocycles. The molecule has 1 saturated heterocycles. The van der Waals surface area contributed by atoms with E-state index in [-0.39, 0.29) is 0 Å². The maximum absolute atomic E-state index is 4.10. The van der Waals surface area contributed by atoms with Crippen LogP contribution in [0.5, 0.6) is 0 Å². The fourth-order valence-corrected chi connectivity index (χ4v) is 2.67. The topological polar surface area (TPSA) is 28.2 Å². The van der Waals surface area contributed by atoms with Gasteiger partial charge in [0.15, 0.2) is 0 Å². The summed E-state index contributed by atoms with van der Waals surface area (Å²) in [4.78, 5) is 6.68. The van der Waals surface area contributed by atoms with Gasteiger partial charge in [0.05, 0.1) is 0 Å². The first-order chi connectivity index (χ1) is 8.72. The standard InChI is InChI=1S/C15H25N3/c1-4-12(2)15-11-18(10-9-17-15)13(3)14-5-7-16-8-6-14/h5-8,12-13,15,17H,4,9-11H2,1-3H3. The lowest BCUT2D eigenvalue weighted by molar-refractivity contribution is 0.130. The third kappa shape index (κ3) is 3.09. The minimum Gasteiger partial charge on any atom is -0.311 e. The summed E-state index contributed by atoms with van der Waals surface area (Å²) >= 11 is 0. The summed E-state index contributed by atoms with van der Waals surface area (Å²) < 4.78 is 0. The minimum absolute atomic E-state index is 0.488. The van der Waals surface area contributed by atoms with Gasteiger partial charge in [-0.3, -0.25) is 9.88 Å². The number of nitrogens with zero attached hydrogens (tertiary/aromatic N) is 2. The smallest absolute Gasteiger partial charge is 0.0322 e. The number of aromatic nitrogens is 1. The lowest BCUT2D eigenvalue weighted by Gasteiger charge is -2.39. The molecule has 2 rings (SSSR count). The molecule has 18 heavy (non-hydrogen) atoms. The van der Waals surface area contributed by atoms with Crippen LogP contribution in [0.15, 0.2) is 24.5 Å². The van der Waals surface area contributed by atoms with E-state index in [9.17, 15) is 0 Å². The van der Waals surface area contributed by atoms with Crippen molar-refractivity contribution >= 4 is 0 Å². The third-order valence-corrected chi connectivity index (χ3v) is 4.30. The van der Waals surface area contributed by atoms with E-state index in [4.69, 9.17) is 0 Å². The van der Waals surface area contributed by atoms with Crippen LogP contribution in [-0.2, 0) is 0 Å². The second-order valence-electron chi connectivity index (χ2n) is 5.40. The van der Waals surface area contributed by atoms with Crippen molar-refractivity contribution in [1.29, 1.82) is 0 Å². The molecule has 1 fully saturated rings. The van der Waals surface area contributed by atoms with E-state index in [2.05, 4.69) is 48.1 Å². The minimum atomic E-state index is 0.488. The summed E-state index contributed by atoms with van der Waals surface area (Å²) in [5, 5.41) is 3.65. The lowest BCUT2D eigenvalue weighted by atomic mass is 9.96. The van der Waals surface area contributed by atoms with Crippen LogP contribution in [0.3, 0.4) is 0 Å². The molecule has 100 valence electrons. The molecule has 1 N–H and O–H groups in total. The van der Waals surface area contributed by atoms with Crippen molar-refractivity contribution in [2.45, 2.75) is 39.3 Å². The Morgan fingerprint density at radius 2 is 2.11 bits per heavy atom. The Balaban J connectivity index is 2.00. The molecule has 0 amide bonds. The Kier molecular flexibility index (Phi) is 4.72. The maximum Gasteiger partial charge on any atom is 0.0322 e. The number of hydrogen-bond donors (Lipinski definition) is 1. The molecule has 0 spiro atoms. The molecule has 0 saturated carbocycles. The molecular formula is C15H25N3. The largest absolute Gasteiger partial charge is 0.311 e. The Morgan fingerprint density at radius 3 is 2.78 bits per heavy atom. The summed E-state index contributed by atoms with van der Waals surface area (Å²) in [6, 6.07) is 5.38. The predicted octanol–water partition coefficient (Wildman–Crippen LogP) is 2.46. The Hall–Kier alpha value is -0.930. The Labute approximate surface area is 111 Å². The summed E-state index contributed by atoms with van der Waals surface area (Å²) in [5.41, 5.74) is 1.37. The van der Waals surface area contributed by atoms with Crippen molar-refractivity contribution in [3.8, 4) is 0 Å². The summed E-state index contributed by atoms with van der Waals surface area (Å²) in [5.74, 6) is 0.748. The van der Waals surface area contributed by atoms with E-state index in [0.717, 1.165) is 25.6 Å². The van der Waals surface area contributed by atoms with Crippen LogP contribution in [0, 0.1) is 5.92 Å². The van der Waals surface area contributed by atoms with Gasteiger partial charge in [-0.25, -0.2) is 0 Å². The van der Waals surface area contributed by atoms with Gasteiger partial charge in [-0.2, -0.15) is 0 Å². The van der Waals surface area contributed by atoms with Crippen LogP contribution in [0.2, 0.25) is 0 Å². The molecule has 1 aliphatic heterocycles. The van der Waals surface area contributed by atoms with Gasteiger partial charge in [0.25, 0.3) is 0 Å². The van der Waals surface area contributed by atoms with Gasteiger partial charge < -0.3 is 5.32 Å². The van der Waals surface area contributed by atoms with E-state index < -0.39 is 0 Å². The first kappa shape index (κ1) is 13.5. The van der Waals surface area contributed by atoms with Gasteiger partial charge in [0.2, 0.25) is 0 Å². The highest BCUT2D eigenvalue weighted by atomic mass is 15.2. The molecule has 0 aromatic carbocycles. The number of rotatable bonds is 4. The number of piperazine rings is 1. The van der Waals surface area contributed by atoms with Crippen molar-refractivity contribution in [3.05, 3.63) is 30.1 Å². The highest BCUT2D eigenvalue weighted by molar-refractivity contribution is 5.14. The van der Waals surface area contributed by atoms with Gasteiger partial charge in [-0.1, -0.05) is 20.3 Å². The van der Waals surface area contributed by atoms with Crippen LogP contribution in [-0.4, -0.2) is 35.6 Å². The SMILES string of the molecule is CCC(C)C1CN(C(C)c2ccncc2)CCN1. The summed E-state index contributed by atoms with van der Waals surface area (Å²) in [7, 11) is 0. The lowest BCUT2D eigenvalue weighted by Crippen LogP contribution is -2.53. The van der Waals surface area contributed by atoms with Gasteiger partial charge in [-0.05, 0) is 30.5 Å². The normalized spacial score (nSPS) is 24.7. The van der Waals surface area contributed by atoms with Crippen molar-refractivity contribution in [2.24, 2.45) is 5.92 Å². The van der Waals surface area contributed by atoms with Gasteiger partial charge >= 0.3 is 0 Å². The summed E-state index contributed by atoms with van der Waals surface area (Å²) in [6.45, 7) is 10.3. The molecule has 3 nitrogen and oxygen atoms in total. The van der Waals surface area contributed by atoms with Crippen molar-refractivity contribution in [2.75, 3.05) is 19.6 Å². The summed E-state index contributed by atoms with van der Waals surface area (Å²) in [6.07, 6.45) is 5.02. The molecule has 3 heteroatoms. The van der Waals surface area contributed by atoms with Crippen LogP contribution in [0.1, 0.15) is 38.8 Å². The average molecular weight is 247 g/mol. The fourth-order valence-electron chi connectivity index (χ4n) is 2.67. The monoisotopic (exact) mass is 247 g/mol. The maximum atomic E-state index is 4.10. The molecule has 2 heterocycles. The number of nitrogens with one attached hydrogen (secondary N) is 1. The zero-order chi connectivity index (χ0) is 13.0. The first-order valence-electron chi connectivity index (χ1n) is 7.09.